The molecule has 1 aliphatic rings. The highest BCUT2D eigenvalue weighted by Gasteiger charge is 2.23. The highest BCUT2D eigenvalue weighted by atomic mass is 19.1. The number of aliphatic hydroxyl groups excluding tert-OH is 1. The van der Waals surface area contributed by atoms with Gasteiger partial charge in [0, 0.05) is 23.4 Å². The smallest absolute Gasteiger partial charge is 0.217 e. The molecule has 3 rings (SSSR count). The third-order valence-electron chi connectivity index (χ3n) is 3.44. The number of hydrogen-bond acceptors (Lipinski definition) is 3. The van der Waals surface area contributed by atoms with Crippen molar-refractivity contribution in [3.05, 3.63) is 47.7 Å². The molecule has 0 aliphatic carbocycles. The van der Waals surface area contributed by atoms with Gasteiger partial charge in [-0.1, -0.05) is 0 Å². The first-order valence-corrected chi connectivity index (χ1v) is 6.40. The number of nitrogens with zero attached hydrogens (tertiary/aromatic N) is 1. The van der Waals surface area contributed by atoms with Crippen molar-refractivity contribution in [2.24, 2.45) is 0 Å². The van der Waals surface area contributed by atoms with Gasteiger partial charge in [0.1, 0.15) is 17.7 Å². The fraction of sp³-hybridized carbons (Fsp3) is 0.267. The van der Waals surface area contributed by atoms with E-state index in [-0.39, 0.29) is 12.7 Å². The summed E-state index contributed by atoms with van der Waals surface area (Å²) in [5, 5.41) is 9.12. The standard InChI is InChI=1S/C15H13F2NO2/c16-9-1-3-12(14(17)7-9)11-5-6-18-15-13(11)4-2-10(8-19)20-15/h1,3,5-7,10,19H,2,4,8H2/t10-/m1/s1. The van der Waals surface area contributed by atoms with Crippen molar-refractivity contribution >= 4 is 0 Å². The van der Waals surface area contributed by atoms with E-state index >= 15 is 0 Å². The van der Waals surface area contributed by atoms with Crippen molar-refractivity contribution in [3.63, 3.8) is 0 Å². The average molecular weight is 277 g/mol. The lowest BCUT2D eigenvalue weighted by Crippen LogP contribution is -2.27. The lowest BCUT2D eigenvalue weighted by atomic mass is 9.95. The molecule has 2 aromatic rings. The van der Waals surface area contributed by atoms with Crippen molar-refractivity contribution in [3.8, 4) is 17.0 Å². The van der Waals surface area contributed by atoms with Crippen molar-refractivity contribution in [1.29, 1.82) is 0 Å². The SMILES string of the molecule is OC[C@H]1CCc2c(-c3ccc(F)cc3F)ccnc2O1. The summed E-state index contributed by atoms with van der Waals surface area (Å²) in [5.41, 5.74) is 1.78. The van der Waals surface area contributed by atoms with E-state index < -0.39 is 11.6 Å². The predicted octanol–water partition coefficient (Wildman–Crippen LogP) is 2.71. The molecule has 0 saturated carbocycles. The Hall–Kier alpha value is -2.01. The molecule has 1 aromatic heterocycles. The fourth-order valence-electron chi connectivity index (χ4n) is 2.43. The van der Waals surface area contributed by atoms with Gasteiger partial charge in [-0.15, -0.1) is 0 Å². The monoisotopic (exact) mass is 277 g/mol. The minimum atomic E-state index is -0.609. The van der Waals surface area contributed by atoms with Crippen LogP contribution in [0.3, 0.4) is 0 Å². The van der Waals surface area contributed by atoms with E-state index in [2.05, 4.69) is 4.98 Å². The summed E-state index contributed by atoms with van der Waals surface area (Å²) < 4.78 is 32.5. The van der Waals surface area contributed by atoms with Gasteiger partial charge in [0.25, 0.3) is 0 Å². The molecule has 5 heteroatoms. The van der Waals surface area contributed by atoms with Crippen molar-refractivity contribution in [1.82, 2.24) is 4.98 Å². The molecule has 0 radical (unpaired) electrons. The van der Waals surface area contributed by atoms with Crippen molar-refractivity contribution < 1.29 is 18.6 Å². The van der Waals surface area contributed by atoms with Gasteiger partial charge in [0.05, 0.1) is 6.61 Å². The Balaban J connectivity index is 2.07. The average Bonchev–Trinajstić information content (AvgIpc) is 2.46. The zero-order valence-corrected chi connectivity index (χ0v) is 10.6. The molecule has 104 valence electrons. The summed E-state index contributed by atoms with van der Waals surface area (Å²) in [4.78, 5) is 4.12. The first-order chi connectivity index (χ1) is 9.69. The van der Waals surface area contributed by atoms with Crippen molar-refractivity contribution in [2.75, 3.05) is 6.61 Å². The van der Waals surface area contributed by atoms with Gasteiger partial charge in [-0.25, -0.2) is 13.8 Å². The Morgan fingerprint density at radius 2 is 2.10 bits per heavy atom. The second-order valence-electron chi connectivity index (χ2n) is 4.73. The number of ether oxygens (including phenoxy) is 1. The number of halogens is 2. The van der Waals surface area contributed by atoms with Crippen LogP contribution in [0.5, 0.6) is 5.88 Å². The topological polar surface area (TPSA) is 42.4 Å². The molecule has 0 fully saturated rings. The molecule has 1 atom stereocenters. The summed E-state index contributed by atoms with van der Waals surface area (Å²) in [5.74, 6) is -0.801. The minimum Gasteiger partial charge on any atom is -0.472 e. The zero-order valence-electron chi connectivity index (χ0n) is 10.6. The third-order valence-corrected chi connectivity index (χ3v) is 3.44. The molecule has 1 aliphatic heterocycles. The van der Waals surface area contributed by atoms with E-state index in [1.807, 2.05) is 0 Å². The Bertz CT molecular complexity index is 646. The Labute approximate surface area is 114 Å². The predicted molar refractivity (Wildman–Crippen MR) is 69.4 cm³/mol. The van der Waals surface area contributed by atoms with E-state index in [0.717, 1.165) is 11.6 Å². The van der Waals surface area contributed by atoms with Crippen LogP contribution in [0.25, 0.3) is 11.1 Å². The van der Waals surface area contributed by atoms with Crippen LogP contribution in [0, 0.1) is 11.6 Å². The van der Waals surface area contributed by atoms with Crippen LogP contribution in [-0.4, -0.2) is 22.8 Å². The van der Waals surface area contributed by atoms with Gasteiger partial charge in [0.15, 0.2) is 0 Å². The van der Waals surface area contributed by atoms with Crippen LogP contribution in [0.4, 0.5) is 8.78 Å². The van der Waals surface area contributed by atoms with Crippen LogP contribution < -0.4 is 4.74 Å². The molecule has 0 amide bonds. The highest BCUT2D eigenvalue weighted by molar-refractivity contribution is 5.69. The minimum absolute atomic E-state index is 0.0732. The summed E-state index contributed by atoms with van der Waals surface area (Å²) in [7, 11) is 0. The second kappa shape index (κ2) is 5.17. The lowest BCUT2D eigenvalue weighted by molar-refractivity contribution is 0.0931. The first kappa shape index (κ1) is 13.0. The molecule has 1 aromatic carbocycles. The fourth-order valence-corrected chi connectivity index (χ4v) is 2.43. The third kappa shape index (κ3) is 2.25. The lowest BCUT2D eigenvalue weighted by Gasteiger charge is -2.25. The zero-order chi connectivity index (χ0) is 14.1. The van der Waals surface area contributed by atoms with E-state index in [0.29, 0.717) is 29.8 Å². The number of rotatable bonds is 2. The second-order valence-corrected chi connectivity index (χ2v) is 4.73. The molecular weight excluding hydrogens is 264 g/mol. The number of pyridine rings is 1. The molecular formula is C15H13F2NO2. The summed E-state index contributed by atoms with van der Waals surface area (Å²) in [6.07, 6.45) is 2.53. The Morgan fingerprint density at radius 1 is 1.25 bits per heavy atom. The molecule has 3 nitrogen and oxygen atoms in total. The van der Waals surface area contributed by atoms with Crippen molar-refractivity contribution in [2.45, 2.75) is 18.9 Å². The molecule has 0 spiro atoms. The van der Waals surface area contributed by atoms with Gasteiger partial charge in [-0.05, 0) is 36.6 Å². The summed E-state index contributed by atoms with van der Waals surface area (Å²) in [6.45, 7) is -0.0732. The van der Waals surface area contributed by atoms with Gasteiger partial charge < -0.3 is 9.84 Å². The summed E-state index contributed by atoms with van der Waals surface area (Å²) in [6, 6.07) is 5.20. The molecule has 0 saturated heterocycles. The van der Waals surface area contributed by atoms with Crippen LogP contribution in [-0.2, 0) is 6.42 Å². The van der Waals surface area contributed by atoms with E-state index in [1.165, 1.54) is 18.3 Å². The van der Waals surface area contributed by atoms with E-state index in [1.54, 1.807) is 6.07 Å². The molecule has 0 unspecified atom stereocenters. The van der Waals surface area contributed by atoms with Crippen LogP contribution in [0.1, 0.15) is 12.0 Å². The number of aliphatic hydroxyl groups is 1. The van der Waals surface area contributed by atoms with E-state index in [4.69, 9.17) is 9.84 Å². The number of fused-ring (bicyclic) bond motifs is 1. The van der Waals surface area contributed by atoms with E-state index in [9.17, 15) is 8.78 Å². The maximum Gasteiger partial charge on any atom is 0.217 e. The molecule has 1 N–H and O–H groups in total. The summed E-state index contributed by atoms with van der Waals surface area (Å²) >= 11 is 0. The van der Waals surface area contributed by atoms with Crippen LogP contribution >= 0.6 is 0 Å². The van der Waals surface area contributed by atoms with Gasteiger partial charge in [-0.3, -0.25) is 0 Å². The first-order valence-electron chi connectivity index (χ1n) is 6.40. The van der Waals surface area contributed by atoms with Crippen LogP contribution in [0.15, 0.2) is 30.5 Å². The molecule has 20 heavy (non-hydrogen) atoms. The maximum atomic E-state index is 13.9. The number of hydrogen-bond donors (Lipinski definition) is 1. The highest BCUT2D eigenvalue weighted by Crippen LogP contribution is 2.35. The number of aromatic nitrogens is 1. The van der Waals surface area contributed by atoms with Crippen LogP contribution in [0.2, 0.25) is 0 Å². The van der Waals surface area contributed by atoms with Gasteiger partial charge >= 0.3 is 0 Å². The number of benzene rings is 1. The molecule has 2 heterocycles. The largest absolute Gasteiger partial charge is 0.472 e. The quantitative estimate of drug-likeness (QED) is 0.917. The Morgan fingerprint density at radius 3 is 2.85 bits per heavy atom. The van der Waals surface area contributed by atoms with Gasteiger partial charge in [-0.2, -0.15) is 0 Å². The maximum absolute atomic E-state index is 13.9. The Kier molecular flexibility index (Phi) is 3.36. The van der Waals surface area contributed by atoms with Gasteiger partial charge in [0.2, 0.25) is 5.88 Å². The normalized spacial score (nSPS) is 17.4. The molecule has 0 bridgehead atoms.